The van der Waals surface area contributed by atoms with Crippen molar-refractivity contribution in [3.8, 4) is 0 Å². The summed E-state index contributed by atoms with van der Waals surface area (Å²) in [5, 5.41) is 0. The van der Waals surface area contributed by atoms with Crippen molar-refractivity contribution in [1.82, 2.24) is 0 Å². The molecule has 0 unspecified atom stereocenters. The molecule has 0 amide bonds. The van der Waals surface area contributed by atoms with Crippen LogP contribution in [-0.2, 0) is 0 Å². The van der Waals surface area contributed by atoms with Gasteiger partial charge in [0.2, 0.25) is 0 Å². The molecule has 2 rings (SSSR count). The molecule has 0 heterocycles. The van der Waals surface area contributed by atoms with Crippen molar-refractivity contribution in [3.63, 3.8) is 0 Å². The summed E-state index contributed by atoms with van der Waals surface area (Å²) in [6, 6.07) is 0.536. The Morgan fingerprint density at radius 3 is 2.36 bits per heavy atom. The van der Waals surface area contributed by atoms with Gasteiger partial charge in [0.25, 0.3) is 0 Å². The summed E-state index contributed by atoms with van der Waals surface area (Å²) < 4.78 is 0. The number of hydrogen-bond donors (Lipinski definition) is 1. The first kappa shape index (κ1) is 7.60. The number of fused-ring (bicyclic) bond motifs is 1. The first-order valence-electron chi connectivity index (χ1n) is 5.12. The van der Waals surface area contributed by atoms with Gasteiger partial charge in [0.15, 0.2) is 0 Å². The minimum atomic E-state index is 0.536. The average molecular weight is 153 g/mol. The van der Waals surface area contributed by atoms with Gasteiger partial charge in [-0.2, -0.15) is 0 Å². The summed E-state index contributed by atoms with van der Waals surface area (Å²) in [5.41, 5.74) is 5.94. The van der Waals surface area contributed by atoms with Crippen molar-refractivity contribution in [3.05, 3.63) is 0 Å². The van der Waals surface area contributed by atoms with E-state index in [4.69, 9.17) is 5.73 Å². The van der Waals surface area contributed by atoms with E-state index in [1.165, 1.54) is 44.9 Å². The van der Waals surface area contributed by atoms with Crippen LogP contribution in [0.2, 0.25) is 0 Å². The second-order valence-electron chi connectivity index (χ2n) is 4.38. The van der Waals surface area contributed by atoms with E-state index < -0.39 is 0 Å². The molecule has 2 N–H and O–H groups in total. The van der Waals surface area contributed by atoms with E-state index in [0.29, 0.717) is 6.04 Å². The van der Waals surface area contributed by atoms with E-state index in [-0.39, 0.29) is 0 Å². The highest BCUT2D eigenvalue weighted by Gasteiger charge is 2.30. The summed E-state index contributed by atoms with van der Waals surface area (Å²) in [6.07, 6.45) is 9.96. The topological polar surface area (TPSA) is 26.0 Å². The molecule has 0 spiro atoms. The largest absolute Gasteiger partial charge is 0.328 e. The van der Waals surface area contributed by atoms with E-state index in [9.17, 15) is 0 Å². The Kier molecular flexibility index (Phi) is 2.17. The standard InChI is InChI=1S/C10H19N/c11-10-6-5-8-3-1-2-4-9(8)7-10/h8-10H,1-7,11H2/t8-,9+,10-/m1/s1. The van der Waals surface area contributed by atoms with Gasteiger partial charge in [-0.3, -0.25) is 0 Å². The van der Waals surface area contributed by atoms with Crippen molar-refractivity contribution in [2.75, 3.05) is 0 Å². The van der Waals surface area contributed by atoms with Crippen LogP contribution in [0, 0.1) is 11.8 Å². The Labute approximate surface area is 69.4 Å². The summed E-state index contributed by atoms with van der Waals surface area (Å²) in [4.78, 5) is 0. The lowest BCUT2D eigenvalue weighted by molar-refractivity contribution is 0.157. The fourth-order valence-corrected chi connectivity index (χ4v) is 2.91. The fraction of sp³-hybridized carbons (Fsp3) is 1.00. The summed E-state index contributed by atoms with van der Waals surface area (Å²) in [5.74, 6) is 2.07. The second-order valence-corrected chi connectivity index (χ2v) is 4.38. The smallest absolute Gasteiger partial charge is 0.00416 e. The minimum Gasteiger partial charge on any atom is -0.328 e. The molecule has 2 saturated carbocycles. The van der Waals surface area contributed by atoms with Crippen molar-refractivity contribution in [1.29, 1.82) is 0 Å². The normalized spacial score (nSPS) is 45.0. The fourth-order valence-electron chi connectivity index (χ4n) is 2.91. The highest BCUT2D eigenvalue weighted by molar-refractivity contribution is 4.84. The zero-order valence-electron chi connectivity index (χ0n) is 7.26. The predicted molar refractivity (Wildman–Crippen MR) is 47.3 cm³/mol. The van der Waals surface area contributed by atoms with Crippen LogP contribution in [-0.4, -0.2) is 6.04 Å². The summed E-state index contributed by atoms with van der Waals surface area (Å²) in [6.45, 7) is 0. The number of rotatable bonds is 0. The van der Waals surface area contributed by atoms with Crippen LogP contribution in [0.1, 0.15) is 44.9 Å². The molecule has 11 heavy (non-hydrogen) atoms. The molecule has 0 aliphatic heterocycles. The lowest BCUT2D eigenvalue weighted by Gasteiger charge is -2.38. The SMILES string of the molecule is N[C@@H]1CC[C@H]2CCCC[C@H]2C1. The lowest BCUT2D eigenvalue weighted by Crippen LogP contribution is -2.34. The molecule has 0 bridgehead atoms. The van der Waals surface area contributed by atoms with Gasteiger partial charge in [0.05, 0.1) is 0 Å². The van der Waals surface area contributed by atoms with Gasteiger partial charge in [0, 0.05) is 6.04 Å². The molecular formula is C10H19N. The maximum absolute atomic E-state index is 5.94. The maximum atomic E-state index is 5.94. The van der Waals surface area contributed by atoms with Gasteiger partial charge in [0.1, 0.15) is 0 Å². The monoisotopic (exact) mass is 153 g/mol. The number of nitrogens with two attached hydrogens (primary N) is 1. The molecule has 0 saturated heterocycles. The molecule has 0 aromatic heterocycles. The summed E-state index contributed by atoms with van der Waals surface area (Å²) >= 11 is 0. The molecular weight excluding hydrogens is 134 g/mol. The Hall–Kier alpha value is -0.0400. The molecule has 0 radical (unpaired) electrons. The van der Waals surface area contributed by atoms with Gasteiger partial charge >= 0.3 is 0 Å². The Morgan fingerprint density at radius 1 is 0.818 bits per heavy atom. The zero-order chi connectivity index (χ0) is 7.68. The first-order chi connectivity index (χ1) is 5.36. The van der Waals surface area contributed by atoms with Crippen molar-refractivity contribution < 1.29 is 0 Å². The molecule has 2 fully saturated rings. The summed E-state index contributed by atoms with van der Waals surface area (Å²) in [7, 11) is 0. The van der Waals surface area contributed by atoms with Gasteiger partial charge < -0.3 is 5.73 Å². The lowest BCUT2D eigenvalue weighted by atomic mass is 9.70. The average Bonchev–Trinajstić information content (AvgIpc) is 2.04. The molecule has 1 heteroatoms. The molecule has 0 aromatic rings. The Balaban J connectivity index is 1.93. The second kappa shape index (κ2) is 3.14. The first-order valence-corrected chi connectivity index (χ1v) is 5.12. The van der Waals surface area contributed by atoms with Crippen LogP contribution in [0.25, 0.3) is 0 Å². The van der Waals surface area contributed by atoms with Crippen LogP contribution in [0.3, 0.4) is 0 Å². The highest BCUT2D eigenvalue weighted by Crippen LogP contribution is 2.39. The van der Waals surface area contributed by atoms with E-state index >= 15 is 0 Å². The van der Waals surface area contributed by atoms with Crippen LogP contribution in [0.5, 0.6) is 0 Å². The molecule has 64 valence electrons. The van der Waals surface area contributed by atoms with E-state index in [1.54, 1.807) is 0 Å². The van der Waals surface area contributed by atoms with Gasteiger partial charge in [-0.15, -0.1) is 0 Å². The van der Waals surface area contributed by atoms with Crippen LogP contribution in [0.15, 0.2) is 0 Å². The van der Waals surface area contributed by atoms with Gasteiger partial charge in [-0.1, -0.05) is 25.7 Å². The van der Waals surface area contributed by atoms with Gasteiger partial charge in [-0.05, 0) is 31.1 Å². The Morgan fingerprint density at radius 2 is 1.55 bits per heavy atom. The zero-order valence-corrected chi connectivity index (χ0v) is 7.26. The maximum Gasteiger partial charge on any atom is 0.00416 e. The molecule has 1 nitrogen and oxygen atoms in total. The molecule has 2 aliphatic rings. The van der Waals surface area contributed by atoms with Gasteiger partial charge in [-0.25, -0.2) is 0 Å². The van der Waals surface area contributed by atoms with E-state index in [1.807, 2.05) is 0 Å². The van der Waals surface area contributed by atoms with E-state index in [0.717, 1.165) is 11.8 Å². The Bertz CT molecular complexity index is 133. The minimum absolute atomic E-state index is 0.536. The van der Waals surface area contributed by atoms with Crippen LogP contribution < -0.4 is 5.73 Å². The highest BCUT2D eigenvalue weighted by atomic mass is 14.6. The van der Waals surface area contributed by atoms with Crippen LogP contribution >= 0.6 is 0 Å². The number of hydrogen-bond acceptors (Lipinski definition) is 1. The predicted octanol–water partition coefficient (Wildman–Crippen LogP) is 2.30. The van der Waals surface area contributed by atoms with Crippen LogP contribution in [0.4, 0.5) is 0 Å². The molecule has 0 aromatic carbocycles. The third-order valence-corrected chi connectivity index (χ3v) is 3.58. The third kappa shape index (κ3) is 1.58. The molecule has 2 aliphatic carbocycles. The van der Waals surface area contributed by atoms with Crippen molar-refractivity contribution >= 4 is 0 Å². The van der Waals surface area contributed by atoms with Crippen molar-refractivity contribution in [2.45, 2.75) is 51.0 Å². The third-order valence-electron chi connectivity index (χ3n) is 3.58. The molecule has 3 atom stereocenters. The van der Waals surface area contributed by atoms with Crippen molar-refractivity contribution in [2.24, 2.45) is 17.6 Å². The quantitative estimate of drug-likeness (QED) is 0.568. The van der Waals surface area contributed by atoms with E-state index in [2.05, 4.69) is 0 Å².